The highest BCUT2D eigenvalue weighted by Crippen LogP contribution is 2.39. The normalized spacial score (nSPS) is 18.0. The lowest BCUT2D eigenvalue weighted by atomic mass is 10.0. The maximum Gasteiger partial charge on any atom is 0.416 e. The molecule has 0 spiro atoms. The molecule has 0 saturated heterocycles. The molecule has 4 nitrogen and oxygen atoms in total. The van der Waals surface area contributed by atoms with Crippen LogP contribution in [0.15, 0.2) is 71.6 Å². The third-order valence-corrected chi connectivity index (χ3v) is 8.04. The fourth-order valence-electron chi connectivity index (χ4n) is 4.63. The van der Waals surface area contributed by atoms with Gasteiger partial charge in [0, 0.05) is 6.54 Å². The molecule has 0 amide bonds. The molecule has 8 heteroatoms. The van der Waals surface area contributed by atoms with Gasteiger partial charge in [-0.1, -0.05) is 30.3 Å². The standard InChI is InChI=1S/C25H22F3NO3S/c26-25(27,28)19-7-3-8-21(16-19)33(30,31)29-14-4-6-18-15-20(11-12-23(18)29)32-24-13-10-17-5-1-2-9-22(17)24/h1-3,5,7-9,11-12,15-16,24H,4,6,10,13-14H2/t24-/m0/s1. The molecule has 1 heterocycles. The van der Waals surface area contributed by atoms with Gasteiger partial charge in [-0.3, -0.25) is 4.31 Å². The summed E-state index contributed by atoms with van der Waals surface area (Å²) in [4.78, 5) is -0.368. The Hall–Kier alpha value is -3.00. The van der Waals surface area contributed by atoms with E-state index in [0.717, 1.165) is 30.5 Å². The highest BCUT2D eigenvalue weighted by molar-refractivity contribution is 7.92. The Labute approximate surface area is 190 Å². The number of anilines is 1. The predicted molar refractivity (Wildman–Crippen MR) is 119 cm³/mol. The Morgan fingerprint density at radius 3 is 2.55 bits per heavy atom. The van der Waals surface area contributed by atoms with E-state index in [9.17, 15) is 21.6 Å². The molecule has 3 aromatic carbocycles. The van der Waals surface area contributed by atoms with Crippen molar-refractivity contribution >= 4 is 15.7 Å². The summed E-state index contributed by atoms with van der Waals surface area (Å²) in [6.07, 6.45) is -1.59. The second kappa shape index (κ2) is 8.09. The fraction of sp³-hybridized carbons (Fsp3) is 0.280. The Balaban J connectivity index is 1.43. The van der Waals surface area contributed by atoms with Gasteiger partial charge in [0.25, 0.3) is 10.0 Å². The van der Waals surface area contributed by atoms with Crippen LogP contribution in [0, 0.1) is 0 Å². The fourth-order valence-corrected chi connectivity index (χ4v) is 6.21. The number of alkyl halides is 3. The van der Waals surface area contributed by atoms with E-state index < -0.39 is 21.8 Å². The third kappa shape index (κ3) is 4.08. The first-order chi connectivity index (χ1) is 15.7. The molecule has 33 heavy (non-hydrogen) atoms. The van der Waals surface area contributed by atoms with Crippen LogP contribution >= 0.6 is 0 Å². The molecule has 0 unspecified atom stereocenters. The van der Waals surface area contributed by atoms with E-state index in [4.69, 9.17) is 4.74 Å². The van der Waals surface area contributed by atoms with Gasteiger partial charge in [-0.15, -0.1) is 0 Å². The van der Waals surface area contributed by atoms with Gasteiger partial charge in [0.1, 0.15) is 11.9 Å². The van der Waals surface area contributed by atoms with Gasteiger partial charge < -0.3 is 4.74 Å². The van der Waals surface area contributed by atoms with Crippen LogP contribution in [0.4, 0.5) is 18.9 Å². The first kappa shape index (κ1) is 21.8. The number of nitrogens with zero attached hydrogens (tertiary/aromatic N) is 1. The zero-order valence-corrected chi connectivity index (χ0v) is 18.5. The number of hydrogen-bond acceptors (Lipinski definition) is 3. The van der Waals surface area contributed by atoms with Crippen LogP contribution in [-0.4, -0.2) is 15.0 Å². The Morgan fingerprint density at radius 2 is 1.73 bits per heavy atom. The van der Waals surface area contributed by atoms with Crippen LogP contribution in [0.3, 0.4) is 0 Å². The van der Waals surface area contributed by atoms with Gasteiger partial charge in [0.15, 0.2) is 0 Å². The SMILES string of the molecule is O=S(=O)(c1cccc(C(F)(F)F)c1)N1CCCc2cc(O[C@H]3CCc4ccccc43)ccc21. The van der Waals surface area contributed by atoms with Crippen molar-refractivity contribution in [3.8, 4) is 5.75 Å². The van der Waals surface area contributed by atoms with Crippen molar-refractivity contribution < 1.29 is 26.3 Å². The summed E-state index contributed by atoms with van der Waals surface area (Å²) in [7, 11) is -4.14. The number of halogens is 3. The zero-order chi connectivity index (χ0) is 23.2. The smallest absolute Gasteiger partial charge is 0.416 e. The highest BCUT2D eigenvalue weighted by atomic mass is 32.2. The summed E-state index contributed by atoms with van der Waals surface area (Å²) in [6.45, 7) is 0.210. The van der Waals surface area contributed by atoms with Crippen LogP contribution in [-0.2, 0) is 29.0 Å². The number of ether oxygens (including phenoxy) is 1. The van der Waals surface area contributed by atoms with Crippen LogP contribution in [0.5, 0.6) is 5.75 Å². The molecule has 0 aromatic heterocycles. The van der Waals surface area contributed by atoms with Crippen molar-refractivity contribution in [2.75, 3.05) is 10.8 Å². The molecule has 1 atom stereocenters. The Morgan fingerprint density at radius 1 is 0.909 bits per heavy atom. The second-order valence-electron chi connectivity index (χ2n) is 8.34. The maximum absolute atomic E-state index is 13.3. The van der Waals surface area contributed by atoms with Crippen LogP contribution in [0.2, 0.25) is 0 Å². The minimum atomic E-state index is -4.61. The lowest BCUT2D eigenvalue weighted by molar-refractivity contribution is -0.137. The van der Waals surface area contributed by atoms with Gasteiger partial charge in [-0.2, -0.15) is 13.2 Å². The lowest BCUT2D eigenvalue weighted by Crippen LogP contribution is -2.35. The topological polar surface area (TPSA) is 46.6 Å². The molecule has 1 aliphatic heterocycles. The van der Waals surface area contributed by atoms with Gasteiger partial charge in [0.05, 0.1) is 16.1 Å². The number of aryl methyl sites for hydroxylation is 2. The van der Waals surface area contributed by atoms with E-state index in [1.807, 2.05) is 18.2 Å². The number of benzene rings is 3. The quantitative estimate of drug-likeness (QED) is 0.473. The molecule has 0 N–H and O–H groups in total. The third-order valence-electron chi connectivity index (χ3n) is 6.23. The minimum Gasteiger partial charge on any atom is -0.486 e. The van der Waals surface area contributed by atoms with Gasteiger partial charge in [-0.25, -0.2) is 8.42 Å². The molecule has 172 valence electrons. The van der Waals surface area contributed by atoms with Crippen molar-refractivity contribution in [3.63, 3.8) is 0 Å². The van der Waals surface area contributed by atoms with Crippen molar-refractivity contribution in [2.24, 2.45) is 0 Å². The van der Waals surface area contributed by atoms with Crippen LogP contribution in [0.25, 0.3) is 0 Å². The summed E-state index contributed by atoms with van der Waals surface area (Å²) in [5, 5.41) is 0. The monoisotopic (exact) mass is 473 g/mol. The van der Waals surface area contributed by atoms with Crippen molar-refractivity contribution in [2.45, 2.75) is 42.9 Å². The molecule has 2 aliphatic rings. The van der Waals surface area contributed by atoms with Gasteiger partial charge in [-0.05, 0) is 78.8 Å². The van der Waals surface area contributed by atoms with E-state index in [1.165, 1.54) is 21.5 Å². The maximum atomic E-state index is 13.3. The van der Waals surface area contributed by atoms with Crippen molar-refractivity contribution in [3.05, 3.63) is 89.0 Å². The van der Waals surface area contributed by atoms with Crippen LogP contribution in [0.1, 0.15) is 41.2 Å². The molecule has 5 rings (SSSR count). The first-order valence-electron chi connectivity index (χ1n) is 10.8. The van der Waals surface area contributed by atoms with Crippen LogP contribution < -0.4 is 9.04 Å². The summed E-state index contributed by atoms with van der Waals surface area (Å²) in [5.74, 6) is 0.661. The first-order valence-corrected chi connectivity index (χ1v) is 12.2. The molecule has 0 radical (unpaired) electrons. The van der Waals surface area contributed by atoms with E-state index in [-0.39, 0.29) is 17.5 Å². The average molecular weight is 474 g/mol. The number of hydrogen-bond donors (Lipinski definition) is 0. The highest BCUT2D eigenvalue weighted by Gasteiger charge is 2.34. The molecule has 1 aliphatic carbocycles. The second-order valence-corrected chi connectivity index (χ2v) is 10.2. The number of fused-ring (bicyclic) bond motifs is 2. The van der Waals surface area contributed by atoms with E-state index >= 15 is 0 Å². The zero-order valence-electron chi connectivity index (χ0n) is 17.7. The number of sulfonamides is 1. The molecule has 0 fully saturated rings. The largest absolute Gasteiger partial charge is 0.486 e. The molecular formula is C25H22F3NO3S. The predicted octanol–water partition coefficient (Wildman–Crippen LogP) is 5.91. The molecule has 0 bridgehead atoms. The summed E-state index contributed by atoms with van der Waals surface area (Å²) in [6, 6.07) is 17.3. The summed E-state index contributed by atoms with van der Waals surface area (Å²) < 4.78 is 73.3. The molecule has 3 aromatic rings. The Kier molecular flexibility index (Phi) is 5.35. The van der Waals surface area contributed by atoms with Crippen molar-refractivity contribution in [1.82, 2.24) is 0 Å². The van der Waals surface area contributed by atoms with E-state index in [2.05, 4.69) is 12.1 Å². The van der Waals surface area contributed by atoms with Crippen molar-refractivity contribution in [1.29, 1.82) is 0 Å². The Bertz CT molecular complexity index is 1300. The molecular weight excluding hydrogens is 451 g/mol. The summed E-state index contributed by atoms with van der Waals surface area (Å²) in [5.41, 5.74) is 2.75. The van der Waals surface area contributed by atoms with E-state index in [0.29, 0.717) is 30.3 Å². The van der Waals surface area contributed by atoms with Gasteiger partial charge in [0.2, 0.25) is 0 Å². The number of rotatable bonds is 4. The molecule has 0 saturated carbocycles. The minimum absolute atomic E-state index is 0.0483. The van der Waals surface area contributed by atoms with Gasteiger partial charge >= 0.3 is 6.18 Å². The van der Waals surface area contributed by atoms with E-state index in [1.54, 1.807) is 12.1 Å². The summed E-state index contributed by atoms with van der Waals surface area (Å²) >= 11 is 0. The average Bonchev–Trinajstić information content (AvgIpc) is 3.21. The lowest BCUT2D eigenvalue weighted by Gasteiger charge is -2.31.